The molecule has 1 aliphatic rings. The number of H-pyrrole nitrogens is 1. The normalized spacial score (nSPS) is 15.3. The minimum atomic E-state index is -3.20. The summed E-state index contributed by atoms with van der Waals surface area (Å²) < 4.78 is 23.5. The Morgan fingerprint density at radius 1 is 1.23 bits per heavy atom. The monoisotopic (exact) mass is 376 g/mol. The van der Waals surface area contributed by atoms with Gasteiger partial charge in [0.05, 0.1) is 28.5 Å². The number of sulfone groups is 1. The maximum absolute atomic E-state index is 12.4. The molecule has 7 nitrogen and oxygen atoms in total. The Morgan fingerprint density at radius 2 is 1.92 bits per heavy atom. The average molecular weight is 376 g/mol. The molecule has 2 N–H and O–H groups in total. The third-order valence-corrected chi connectivity index (χ3v) is 5.87. The van der Waals surface area contributed by atoms with Crippen LogP contribution >= 0.6 is 0 Å². The van der Waals surface area contributed by atoms with Gasteiger partial charge in [0, 0.05) is 19.3 Å². The number of amides is 1. The molecule has 0 unspecified atom stereocenters. The van der Waals surface area contributed by atoms with Crippen LogP contribution in [0.15, 0.2) is 23.1 Å². The fourth-order valence-corrected chi connectivity index (χ4v) is 3.93. The summed E-state index contributed by atoms with van der Waals surface area (Å²) in [5, 5.41) is 9.86. The standard InChI is InChI=1S/C18H24N4O3S/c1-12-18(13(2)21-20-12)19-17(23)11-22-8-6-14-4-5-16(26(3,24)25)10-15(14)7-9-22/h4-5,10H,6-9,11H2,1-3H3,(H,19,23)(H,20,21). The molecule has 0 bridgehead atoms. The first-order valence-corrected chi connectivity index (χ1v) is 10.5. The van der Waals surface area contributed by atoms with E-state index in [4.69, 9.17) is 0 Å². The van der Waals surface area contributed by atoms with Crippen LogP contribution in [-0.4, -0.2) is 55.3 Å². The van der Waals surface area contributed by atoms with Gasteiger partial charge >= 0.3 is 0 Å². The summed E-state index contributed by atoms with van der Waals surface area (Å²) in [5.74, 6) is -0.0691. The topological polar surface area (TPSA) is 95.2 Å². The molecule has 0 aliphatic carbocycles. The maximum atomic E-state index is 12.4. The van der Waals surface area contributed by atoms with Crippen molar-refractivity contribution in [2.75, 3.05) is 31.2 Å². The highest BCUT2D eigenvalue weighted by molar-refractivity contribution is 7.90. The van der Waals surface area contributed by atoms with E-state index in [1.807, 2.05) is 19.9 Å². The molecule has 0 saturated carbocycles. The SMILES string of the molecule is Cc1n[nH]c(C)c1NC(=O)CN1CCc2ccc(S(C)(=O)=O)cc2CC1. The molecule has 26 heavy (non-hydrogen) atoms. The summed E-state index contributed by atoms with van der Waals surface area (Å²) in [6, 6.07) is 5.33. The first-order valence-electron chi connectivity index (χ1n) is 8.59. The molecule has 0 atom stereocenters. The number of nitrogens with zero attached hydrogens (tertiary/aromatic N) is 2. The van der Waals surface area contributed by atoms with Crippen LogP contribution in [0.3, 0.4) is 0 Å². The number of benzene rings is 1. The fraction of sp³-hybridized carbons (Fsp3) is 0.444. The summed E-state index contributed by atoms with van der Waals surface area (Å²) in [5.41, 5.74) is 4.56. The van der Waals surface area contributed by atoms with Crippen LogP contribution < -0.4 is 5.32 Å². The van der Waals surface area contributed by atoms with Gasteiger partial charge in [0.2, 0.25) is 5.91 Å². The molecule has 2 aromatic rings. The molecule has 0 saturated heterocycles. The lowest BCUT2D eigenvalue weighted by molar-refractivity contribution is -0.117. The lowest BCUT2D eigenvalue weighted by Crippen LogP contribution is -2.35. The second-order valence-electron chi connectivity index (χ2n) is 6.84. The van der Waals surface area contributed by atoms with Gasteiger partial charge in [-0.15, -0.1) is 0 Å². The van der Waals surface area contributed by atoms with Crippen LogP contribution in [0.5, 0.6) is 0 Å². The van der Waals surface area contributed by atoms with Crippen LogP contribution in [0.2, 0.25) is 0 Å². The molecular formula is C18H24N4O3S. The Morgan fingerprint density at radius 3 is 2.54 bits per heavy atom. The summed E-state index contributed by atoms with van der Waals surface area (Å²) in [4.78, 5) is 14.8. The van der Waals surface area contributed by atoms with Crippen molar-refractivity contribution in [3.63, 3.8) is 0 Å². The molecule has 0 radical (unpaired) electrons. The Balaban J connectivity index is 1.65. The summed E-state index contributed by atoms with van der Waals surface area (Å²) in [6.07, 6.45) is 2.76. The van der Waals surface area contributed by atoms with Crippen molar-refractivity contribution in [1.82, 2.24) is 15.1 Å². The van der Waals surface area contributed by atoms with Gasteiger partial charge in [-0.2, -0.15) is 5.10 Å². The lowest BCUT2D eigenvalue weighted by Gasteiger charge is -2.19. The minimum absolute atomic E-state index is 0.0691. The largest absolute Gasteiger partial charge is 0.322 e. The molecule has 8 heteroatoms. The van der Waals surface area contributed by atoms with E-state index in [2.05, 4.69) is 20.4 Å². The number of aryl methyl sites for hydroxylation is 2. The smallest absolute Gasteiger partial charge is 0.238 e. The molecule has 1 aliphatic heterocycles. The third kappa shape index (κ3) is 4.13. The number of aromatic nitrogens is 2. The highest BCUT2D eigenvalue weighted by Crippen LogP contribution is 2.21. The number of carbonyl (C=O) groups is 1. The van der Waals surface area contributed by atoms with E-state index in [0.29, 0.717) is 11.4 Å². The van der Waals surface area contributed by atoms with E-state index in [9.17, 15) is 13.2 Å². The predicted octanol–water partition coefficient (Wildman–Crippen LogP) is 1.47. The second-order valence-corrected chi connectivity index (χ2v) is 8.85. The average Bonchev–Trinajstić information content (AvgIpc) is 2.78. The van der Waals surface area contributed by atoms with Crippen molar-refractivity contribution in [3.8, 4) is 0 Å². The quantitative estimate of drug-likeness (QED) is 0.843. The van der Waals surface area contributed by atoms with Crippen LogP contribution in [0.4, 0.5) is 5.69 Å². The first-order chi connectivity index (χ1) is 12.2. The summed E-state index contributed by atoms with van der Waals surface area (Å²) >= 11 is 0. The Kier molecular flexibility index (Phi) is 5.15. The van der Waals surface area contributed by atoms with Crippen LogP contribution in [-0.2, 0) is 27.5 Å². The number of hydrogen-bond acceptors (Lipinski definition) is 5. The van der Waals surface area contributed by atoms with Gasteiger partial charge in [-0.1, -0.05) is 6.07 Å². The molecule has 1 aromatic carbocycles. The zero-order valence-electron chi connectivity index (χ0n) is 15.3. The van der Waals surface area contributed by atoms with E-state index in [1.165, 1.54) is 6.26 Å². The van der Waals surface area contributed by atoms with Crippen LogP contribution in [0, 0.1) is 13.8 Å². The number of nitrogens with one attached hydrogen (secondary N) is 2. The van der Waals surface area contributed by atoms with E-state index in [1.54, 1.807) is 12.1 Å². The van der Waals surface area contributed by atoms with Gasteiger partial charge in [0.1, 0.15) is 0 Å². The summed E-state index contributed by atoms with van der Waals surface area (Å²) in [7, 11) is -3.20. The molecule has 3 rings (SSSR count). The van der Waals surface area contributed by atoms with Crippen molar-refractivity contribution < 1.29 is 13.2 Å². The van der Waals surface area contributed by atoms with Crippen molar-refractivity contribution in [1.29, 1.82) is 0 Å². The Bertz CT molecular complexity index is 914. The van der Waals surface area contributed by atoms with E-state index >= 15 is 0 Å². The fourth-order valence-electron chi connectivity index (χ4n) is 3.25. The molecule has 0 spiro atoms. The number of aromatic amines is 1. The van der Waals surface area contributed by atoms with E-state index in [-0.39, 0.29) is 5.91 Å². The molecule has 2 heterocycles. The highest BCUT2D eigenvalue weighted by Gasteiger charge is 2.19. The number of anilines is 1. The summed E-state index contributed by atoms with van der Waals surface area (Å²) in [6.45, 7) is 5.51. The van der Waals surface area contributed by atoms with Crippen LogP contribution in [0.25, 0.3) is 0 Å². The lowest BCUT2D eigenvalue weighted by atomic mass is 10.0. The zero-order chi connectivity index (χ0) is 18.9. The Labute approximate surface area is 153 Å². The van der Waals surface area contributed by atoms with Crippen LogP contribution in [0.1, 0.15) is 22.5 Å². The van der Waals surface area contributed by atoms with Crippen molar-refractivity contribution in [2.24, 2.45) is 0 Å². The van der Waals surface area contributed by atoms with Crippen molar-refractivity contribution in [3.05, 3.63) is 40.7 Å². The molecular weight excluding hydrogens is 352 g/mol. The Hall–Kier alpha value is -2.19. The van der Waals surface area contributed by atoms with Gasteiger partial charge in [0.25, 0.3) is 0 Å². The second kappa shape index (κ2) is 7.20. The minimum Gasteiger partial charge on any atom is -0.322 e. The number of fused-ring (bicyclic) bond motifs is 1. The van der Waals surface area contributed by atoms with Gasteiger partial charge in [-0.05, 0) is 49.9 Å². The van der Waals surface area contributed by atoms with Gasteiger partial charge < -0.3 is 5.32 Å². The van der Waals surface area contributed by atoms with E-state index in [0.717, 1.165) is 54.1 Å². The molecule has 1 aromatic heterocycles. The van der Waals surface area contributed by atoms with Gasteiger partial charge in [0.15, 0.2) is 9.84 Å². The van der Waals surface area contributed by atoms with Gasteiger partial charge in [-0.3, -0.25) is 14.8 Å². The first kappa shape index (κ1) is 18.6. The number of carbonyl (C=O) groups excluding carboxylic acids is 1. The molecule has 1 amide bonds. The highest BCUT2D eigenvalue weighted by atomic mass is 32.2. The zero-order valence-corrected chi connectivity index (χ0v) is 16.1. The number of rotatable bonds is 4. The number of hydrogen-bond donors (Lipinski definition) is 2. The van der Waals surface area contributed by atoms with Crippen molar-refractivity contribution in [2.45, 2.75) is 31.6 Å². The van der Waals surface area contributed by atoms with E-state index < -0.39 is 9.84 Å². The van der Waals surface area contributed by atoms with Gasteiger partial charge in [-0.25, -0.2) is 8.42 Å². The molecule has 0 fully saturated rings. The predicted molar refractivity (Wildman–Crippen MR) is 100 cm³/mol. The maximum Gasteiger partial charge on any atom is 0.238 e. The molecule has 140 valence electrons. The third-order valence-electron chi connectivity index (χ3n) is 4.76. The van der Waals surface area contributed by atoms with Crippen molar-refractivity contribution >= 4 is 21.4 Å².